The molecule has 0 aromatic carbocycles. The molecule has 0 N–H and O–H groups in total. The Morgan fingerprint density at radius 2 is 2.23 bits per heavy atom. The third kappa shape index (κ3) is 4.08. The summed E-state index contributed by atoms with van der Waals surface area (Å²) in [5.41, 5.74) is 1.89. The lowest BCUT2D eigenvalue weighted by molar-refractivity contribution is 0.115. The predicted molar refractivity (Wildman–Crippen MR) is 104 cm³/mol. The number of ether oxygens (including phenoxy) is 1. The smallest absolute Gasteiger partial charge is 0.163 e. The van der Waals surface area contributed by atoms with Crippen LogP contribution in [0.25, 0.3) is 11.4 Å². The quantitative estimate of drug-likeness (QED) is 0.657. The van der Waals surface area contributed by atoms with Crippen molar-refractivity contribution in [3.63, 3.8) is 0 Å². The molecule has 3 aromatic heterocycles. The second kappa shape index (κ2) is 7.93. The summed E-state index contributed by atoms with van der Waals surface area (Å²) in [6, 6.07) is 10.2. The van der Waals surface area contributed by atoms with Crippen molar-refractivity contribution in [1.82, 2.24) is 15.0 Å². The maximum atomic E-state index is 5.88. The van der Waals surface area contributed by atoms with Gasteiger partial charge in [0.25, 0.3) is 0 Å². The van der Waals surface area contributed by atoms with Crippen molar-refractivity contribution in [2.24, 2.45) is 0 Å². The number of rotatable bonds is 6. The van der Waals surface area contributed by atoms with Crippen molar-refractivity contribution in [2.75, 3.05) is 18.1 Å². The monoisotopic (exact) mass is 366 g/mol. The molecule has 0 bridgehead atoms. The molecule has 5 nitrogen and oxygen atoms in total. The van der Waals surface area contributed by atoms with Gasteiger partial charge in [-0.05, 0) is 43.3 Å². The van der Waals surface area contributed by atoms with Crippen LogP contribution >= 0.6 is 11.3 Å². The van der Waals surface area contributed by atoms with Crippen molar-refractivity contribution < 1.29 is 4.74 Å². The Morgan fingerprint density at radius 1 is 1.27 bits per heavy atom. The Morgan fingerprint density at radius 3 is 2.96 bits per heavy atom. The van der Waals surface area contributed by atoms with Crippen molar-refractivity contribution in [2.45, 2.75) is 32.4 Å². The van der Waals surface area contributed by atoms with Gasteiger partial charge in [-0.15, -0.1) is 11.3 Å². The molecule has 134 valence electrons. The predicted octanol–water partition coefficient (Wildman–Crippen LogP) is 4.09. The summed E-state index contributed by atoms with van der Waals surface area (Å²) in [6.07, 6.45) is 6.09. The molecule has 4 heterocycles. The molecule has 0 saturated carbocycles. The van der Waals surface area contributed by atoms with Crippen molar-refractivity contribution in [3.05, 3.63) is 58.7 Å². The van der Waals surface area contributed by atoms with Crippen LogP contribution < -0.4 is 4.90 Å². The average molecular weight is 366 g/mol. The molecule has 1 saturated heterocycles. The fourth-order valence-electron chi connectivity index (χ4n) is 3.20. The number of aromatic nitrogens is 3. The fraction of sp³-hybridized carbons (Fsp3) is 0.350. The highest BCUT2D eigenvalue weighted by Crippen LogP contribution is 2.24. The number of anilines is 1. The topological polar surface area (TPSA) is 51.1 Å². The van der Waals surface area contributed by atoms with Crippen LogP contribution in [0.3, 0.4) is 0 Å². The van der Waals surface area contributed by atoms with Crippen LogP contribution in [0.1, 0.15) is 23.4 Å². The molecular weight excluding hydrogens is 344 g/mol. The minimum Gasteiger partial charge on any atom is -0.376 e. The zero-order valence-electron chi connectivity index (χ0n) is 14.8. The molecule has 3 aromatic rings. The molecule has 0 amide bonds. The van der Waals surface area contributed by atoms with Gasteiger partial charge in [-0.2, -0.15) is 0 Å². The van der Waals surface area contributed by atoms with Gasteiger partial charge in [0.15, 0.2) is 5.82 Å². The fourth-order valence-corrected chi connectivity index (χ4v) is 3.92. The molecule has 1 aliphatic heterocycles. The lowest BCUT2D eigenvalue weighted by Gasteiger charge is -2.26. The second-order valence-corrected chi connectivity index (χ2v) is 7.56. The second-order valence-electron chi connectivity index (χ2n) is 6.53. The summed E-state index contributed by atoms with van der Waals surface area (Å²) in [5.74, 6) is 1.66. The first-order chi connectivity index (χ1) is 12.8. The Kier molecular flexibility index (Phi) is 5.22. The van der Waals surface area contributed by atoms with E-state index >= 15 is 0 Å². The third-order valence-corrected chi connectivity index (χ3v) is 5.32. The summed E-state index contributed by atoms with van der Waals surface area (Å²) in [7, 11) is 0. The highest BCUT2D eigenvalue weighted by atomic mass is 32.1. The van der Waals surface area contributed by atoms with E-state index in [2.05, 4.69) is 38.4 Å². The molecule has 4 rings (SSSR count). The standard InChI is InChI=1S/C20H22N4OS/c1-15-11-19(23-20(22-15)16-5-2-8-21-12-16)24(13-17-6-3-9-25-17)14-18-7-4-10-26-18/h2,4-5,7-8,10-12,17H,3,6,9,13-14H2,1H3. The molecule has 26 heavy (non-hydrogen) atoms. The highest BCUT2D eigenvalue weighted by molar-refractivity contribution is 7.09. The zero-order valence-corrected chi connectivity index (χ0v) is 15.7. The van der Waals surface area contributed by atoms with E-state index in [0.29, 0.717) is 0 Å². The molecule has 1 atom stereocenters. The van der Waals surface area contributed by atoms with Crippen molar-refractivity contribution >= 4 is 17.2 Å². The van der Waals surface area contributed by atoms with Crippen molar-refractivity contribution in [3.8, 4) is 11.4 Å². The van der Waals surface area contributed by atoms with E-state index in [1.54, 1.807) is 17.5 Å². The number of nitrogens with zero attached hydrogens (tertiary/aromatic N) is 4. The molecule has 1 aliphatic rings. The van der Waals surface area contributed by atoms with E-state index in [-0.39, 0.29) is 6.10 Å². The number of aryl methyl sites for hydroxylation is 1. The van der Waals surface area contributed by atoms with E-state index in [1.807, 2.05) is 25.3 Å². The van der Waals surface area contributed by atoms with Crippen LogP contribution in [0.2, 0.25) is 0 Å². The normalized spacial score (nSPS) is 16.7. The Hall–Kier alpha value is -2.31. The molecule has 0 spiro atoms. The Bertz CT molecular complexity index is 832. The average Bonchev–Trinajstić information content (AvgIpc) is 3.35. The summed E-state index contributed by atoms with van der Waals surface area (Å²) in [5, 5.41) is 2.12. The van der Waals surface area contributed by atoms with Gasteiger partial charge in [0.05, 0.1) is 12.6 Å². The largest absolute Gasteiger partial charge is 0.376 e. The van der Waals surface area contributed by atoms with Gasteiger partial charge in [0.2, 0.25) is 0 Å². The lowest BCUT2D eigenvalue weighted by atomic mass is 10.2. The summed E-state index contributed by atoms with van der Waals surface area (Å²) >= 11 is 1.77. The lowest BCUT2D eigenvalue weighted by Crippen LogP contribution is -2.32. The first kappa shape index (κ1) is 17.1. The van der Waals surface area contributed by atoms with Crippen LogP contribution in [-0.4, -0.2) is 34.2 Å². The molecule has 0 radical (unpaired) electrons. The van der Waals surface area contributed by atoms with Gasteiger partial charge < -0.3 is 9.64 Å². The number of hydrogen-bond donors (Lipinski definition) is 0. The van der Waals surface area contributed by atoms with Crippen molar-refractivity contribution in [1.29, 1.82) is 0 Å². The minimum atomic E-state index is 0.270. The van der Waals surface area contributed by atoms with E-state index < -0.39 is 0 Å². The van der Waals surface area contributed by atoms with E-state index in [1.165, 1.54) is 4.88 Å². The zero-order chi connectivity index (χ0) is 17.8. The first-order valence-electron chi connectivity index (χ1n) is 8.93. The van der Waals surface area contributed by atoms with Crippen LogP contribution in [0.15, 0.2) is 48.1 Å². The summed E-state index contributed by atoms with van der Waals surface area (Å²) < 4.78 is 5.88. The third-order valence-electron chi connectivity index (χ3n) is 4.46. The van der Waals surface area contributed by atoms with Crippen LogP contribution in [0.4, 0.5) is 5.82 Å². The van der Waals surface area contributed by atoms with Gasteiger partial charge in [-0.1, -0.05) is 6.07 Å². The van der Waals surface area contributed by atoms with E-state index in [0.717, 1.165) is 55.4 Å². The highest BCUT2D eigenvalue weighted by Gasteiger charge is 2.21. The molecule has 6 heteroatoms. The summed E-state index contributed by atoms with van der Waals surface area (Å²) in [4.78, 5) is 17.3. The number of hydrogen-bond acceptors (Lipinski definition) is 6. The number of thiophene rings is 1. The van der Waals surface area contributed by atoms with E-state index in [9.17, 15) is 0 Å². The molecular formula is C20H22N4OS. The van der Waals surface area contributed by atoms with Gasteiger partial charge in [-0.25, -0.2) is 9.97 Å². The molecule has 1 fully saturated rings. The van der Waals surface area contributed by atoms with Crippen LogP contribution in [0.5, 0.6) is 0 Å². The maximum absolute atomic E-state index is 5.88. The van der Waals surface area contributed by atoms with Gasteiger partial charge in [0.1, 0.15) is 5.82 Å². The van der Waals surface area contributed by atoms with Crippen LogP contribution in [0, 0.1) is 6.92 Å². The van der Waals surface area contributed by atoms with Gasteiger partial charge in [-0.3, -0.25) is 4.98 Å². The maximum Gasteiger partial charge on any atom is 0.163 e. The van der Waals surface area contributed by atoms with Gasteiger partial charge >= 0.3 is 0 Å². The van der Waals surface area contributed by atoms with E-state index in [4.69, 9.17) is 9.72 Å². The summed E-state index contributed by atoms with van der Waals surface area (Å²) in [6.45, 7) is 4.56. The minimum absolute atomic E-state index is 0.270. The number of pyridine rings is 1. The first-order valence-corrected chi connectivity index (χ1v) is 9.81. The Labute approximate surface area is 157 Å². The van der Waals surface area contributed by atoms with Crippen LogP contribution in [-0.2, 0) is 11.3 Å². The Balaban J connectivity index is 1.66. The molecule has 1 unspecified atom stereocenters. The SMILES string of the molecule is Cc1cc(N(Cc2cccs2)CC2CCCO2)nc(-c2cccnc2)n1. The van der Waals surface area contributed by atoms with Gasteiger partial charge in [0, 0.05) is 47.7 Å². The molecule has 0 aliphatic carbocycles.